The lowest BCUT2D eigenvalue weighted by molar-refractivity contribution is -0.117. The summed E-state index contributed by atoms with van der Waals surface area (Å²) in [6, 6.07) is 23.8. The van der Waals surface area contributed by atoms with Gasteiger partial charge in [0.15, 0.2) is 0 Å². The highest BCUT2D eigenvalue weighted by atomic mass is 16.5. The predicted octanol–water partition coefficient (Wildman–Crippen LogP) is 4.20. The summed E-state index contributed by atoms with van der Waals surface area (Å²) in [5.41, 5.74) is 3.68. The number of carbonyl (C=O) groups is 2. The number of rotatable bonds is 9. The fourth-order valence-electron chi connectivity index (χ4n) is 3.62. The molecule has 8 heteroatoms. The number of likely N-dealkylation sites (N-methyl/N-ethyl adjacent to an activating group) is 1. The standard InChI is InChI=1S/C27H27N5O3/c1-31(17-20-16-28-32(18-20)23-8-4-3-5-9-23)19-26(33)29-22-14-12-21(13-15-22)27(34)30-24-10-6-7-11-25(24)35-2/h3-16,18H,17,19H2,1-2H3,(H,29,33)(H,30,34). The van der Waals surface area contributed by atoms with Crippen LogP contribution in [0.25, 0.3) is 5.69 Å². The highest BCUT2D eigenvalue weighted by molar-refractivity contribution is 6.05. The van der Waals surface area contributed by atoms with E-state index in [9.17, 15) is 9.59 Å². The molecular formula is C27H27N5O3. The molecule has 0 radical (unpaired) electrons. The van der Waals surface area contributed by atoms with Gasteiger partial charge in [-0.3, -0.25) is 14.5 Å². The van der Waals surface area contributed by atoms with Gasteiger partial charge in [-0.15, -0.1) is 0 Å². The minimum atomic E-state index is -0.261. The highest BCUT2D eigenvalue weighted by Gasteiger charge is 2.12. The Bertz CT molecular complexity index is 1290. The first-order chi connectivity index (χ1) is 17.0. The molecule has 178 valence electrons. The van der Waals surface area contributed by atoms with Gasteiger partial charge in [0.25, 0.3) is 5.91 Å². The number of amides is 2. The normalized spacial score (nSPS) is 10.7. The Labute approximate surface area is 204 Å². The van der Waals surface area contributed by atoms with Crippen molar-refractivity contribution in [2.45, 2.75) is 6.54 Å². The number of aromatic nitrogens is 2. The quantitative estimate of drug-likeness (QED) is 0.384. The maximum Gasteiger partial charge on any atom is 0.255 e. The molecule has 0 atom stereocenters. The lowest BCUT2D eigenvalue weighted by Gasteiger charge is -2.15. The van der Waals surface area contributed by atoms with Gasteiger partial charge in [-0.2, -0.15) is 5.10 Å². The lowest BCUT2D eigenvalue weighted by atomic mass is 10.2. The highest BCUT2D eigenvalue weighted by Crippen LogP contribution is 2.24. The number of hydrogen-bond donors (Lipinski definition) is 2. The molecule has 2 N–H and O–H groups in total. The average molecular weight is 470 g/mol. The van der Waals surface area contributed by atoms with Gasteiger partial charge >= 0.3 is 0 Å². The molecule has 0 saturated heterocycles. The third-order valence-corrected chi connectivity index (χ3v) is 5.31. The van der Waals surface area contributed by atoms with E-state index in [-0.39, 0.29) is 18.4 Å². The maximum absolute atomic E-state index is 12.6. The van der Waals surface area contributed by atoms with Gasteiger partial charge in [0.1, 0.15) is 5.75 Å². The Balaban J connectivity index is 1.28. The third kappa shape index (κ3) is 6.33. The second kappa shape index (κ2) is 11.1. The summed E-state index contributed by atoms with van der Waals surface area (Å²) < 4.78 is 7.08. The van der Waals surface area contributed by atoms with Crippen LogP contribution in [0.2, 0.25) is 0 Å². The van der Waals surface area contributed by atoms with Crippen LogP contribution in [-0.2, 0) is 11.3 Å². The van der Waals surface area contributed by atoms with Crippen molar-refractivity contribution in [3.8, 4) is 11.4 Å². The van der Waals surface area contributed by atoms with E-state index in [2.05, 4.69) is 15.7 Å². The summed E-state index contributed by atoms with van der Waals surface area (Å²) >= 11 is 0. The second-order valence-electron chi connectivity index (χ2n) is 8.08. The van der Waals surface area contributed by atoms with Gasteiger partial charge in [0.05, 0.1) is 31.2 Å². The van der Waals surface area contributed by atoms with Gasteiger partial charge in [-0.05, 0) is 55.6 Å². The van der Waals surface area contributed by atoms with Crippen LogP contribution in [-0.4, -0.2) is 47.2 Å². The summed E-state index contributed by atoms with van der Waals surface area (Å²) in [6.45, 7) is 0.800. The van der Waals surface area contributed by atoms with Crippen molar-refractivity contribution in [1.29, 1.82) is 0 Å². The van der Waals surface area contributed by atoms with E-state index in [1.807, 2.05) is 65.3 Å². The van der Waals surface area contributed by atoms with Crippen LogP contribution < -0.4 is 15.4 Å². The Hall–Kier alpha value is -4.43. The first-order valence-electron chi connectivity index (χ1n) is 11.1. The van der Waals surface area contributed by atoms with Crippen molar-refractivity contribution in [3.05, 3.63) is 102 Å². The number of methoxy groups -OCH3 is 1. The second-order valence-corrected chi connectivity index (χ2v) is 8.08. The number of nitrogens with one attached hydrogen (secondary N) is 2. The number of ether oxygens (including phenoxy) is 1. The van der Waals surface area contributed by atoms with Gasteiger partial charge in [0.2, 0.25) is 5.91 Å². The van der Waals surface area contributed by atoms with Crippen molar-refractivity contribution in [2.75, 3.05) is 31.3 Å². The first-order valence-corrected chi connectivity index (χ1v) is 11.1. The molecule has 0 aliphatic rings. The molecule has 2 amide bonds. The van der Waals surface area contributed by atoms with Crippen LogP contribution in [0.15, 0.2) is 91.3 Å². The van der Waals surface area contributed by atoms with Crippen molar-refractivity contribution < 1.29 is 14.3 Å². The molecule has 4 aromatic rings. The van der Waals surface area contributed by atoms with E-state index in [1.54, 1.807) is 49.7 Å². The van der Waals surface area contributed by atoms with E-state index in [4.69, 9.17) is 4.74 Å². The Morgan fingerprint density at radius 1 is 0.943 bits per heavy atom. The Kier molecular flexibility index (Phi) is 7.54. The number of para-hydroxylation sites is 3. The van der Waals surface area contributed by atoms with Gasteiger partial charge in [-0.25, -0.2) is 4.68 Å². The monoisotopic (exact) mass is 469 g/mol. The summed E-state index contributed by atoms with van der Waals surface area (Å²) in [6.07, 6.45) is 3.76. The number of hydrogen-bond acceptors (Lipinski definition) is 5. The molecule has 35 heavy (non-hydrogen) atoms. The molecule has 0 aliphatic carbocycles. The third-order valence-electron chi connectivity index (χ3n) is 5.31. The number of nitrogens with zero attached hydrogens (tertiary/aromatic N) is 3. The fourth-order valence-corrected chi connectivity index (χ4v) is 3.62. The Morgan fingerprint density at radius 2 is 1.66 bits per heavy atom. The molecule has 0 bridgehead atoms. The van der Waals surface area contributed by atoms with Crippen molar-refractivity contribution >= 4 is 23.2 Å². The molecule has 0 fully saturated rings. The molecular weight excluding hydrogens is 442 g/mol. The zero-order chi connectivity index (χ0) is 24.6. The van der Waals surface area contributed by atoms with Gasteiger partial charge in [-0.1, -0.05) is 30.3 Å². The first kappa shape index (κ1) is 23.7. The molecule has 1 heterocycles. The minimum Gasteiger partial charge on any atom is -0.495 e. The zero-order valence-electron chi connectivity index (χ0n) is 19.6. The summed E-state index contributed by atoms with van der Waals surface area (Å²) in [4.78, 5) is 27.0. The van der Waals surface area contributed by atoms with Crippen LogP contribution in [0.1, 0.15) is 15.9 Å². The van der Waals surface area contributed by atoms with Crippen molar-refractivity contribution in [2.24, 2.45) is 0 Å². The molecule has 0 unspecified atom stereocenters. The SMILES string of the molecule is COc1ccccc1NC(=O)c1ccc(NC(=O)CN(C)Cc2cnn(-c3ccccc3)c2)cc1. The predicted molar refractivity (Wildman–Crippen MR) is 136 cm³/mol. The molecule has 0 saturated carbocycles. The minimum absolute atomic E-state index is 0.144. The smallest absolute Gasteiger partial charge is 0.255 e. The molecule has 0 aliphatic heterocycles. The van der Waals surface area contributed by atoms with Gasteiger partial charge in [0, 0.05) is 29.6 Å². The maximum atomic E-state index is 12.6. The largest absolute Gasteiger partial charge is 0.495 e. The van der Waals surface area contributed by atoms with Crippen LogP contribution >= 0.6 is 0 Å². The van der Waals surface area contributed by atoms with Crippen molar-refractivity contribution in [3.63, 3.8) is 0 Å². The molecule has 8 nitrogen and oxygen atoms in total. The van der Waals surface area contributed by atoms with E-state index in [0.717, 1.165) is 11.3 Å². The van der Waals surface area contributed by atoms with E-state index < -0.39 is 0 Å². The van der Waals surface area contributed by atoms with Crippen molar-refractivity contribution in [1.82, 2.24) is 14.7 Å². The van der Waals surface area contributed by atoms with Crippen LogP contribution in [0.4, 0.5) is 11.4 Å². The molecule has 3 aromatic carbocycles. The van der Waals surface area contributed by atoms with E-state index >= 15 is 0 Å². The van der Waals surface area contributed by atoms with Crippen LogP contribution in [0, 0.1) is 0 Å². The number of carbonyl (C=O) groups excluding carboxylic acids is 2. The topological polar surface area (TPSA) is 88.5 Å². The fraction of sp³-hybridized carbons (Fsp3) is 0.148. The molecule has 1 aromatic heterocycles. The number of benzene rings is 3. The average Bonchev–Trinajstić information content (AvgIpc) is 3.33. The molecule has 4 rings (SSSR count). The van der Waals surface area contributed by atoms with E-state index in [0.29, 0.717) is 29.2 Å². The zero-order valence-corrected chi connectivity index (χ0v) is 19.6. The summed E-state index contributed by atoms with van der Waals surface area (Å²) in [5, 5.41) is 10.1. The van der Waals surface area contributed by atoms with E-state index in [1.165, 1.54) is 0 Å². The van der Waals surface area contributed by atoms with Crippen LogP contribution in [0.3, 0.4) is 0 Å². The summed E-state index contributed by atoms with van der Waals surface area (Å²) in [5.74, 6) is 0.179. The Morgan fingerprint density at radius 3 is 2.40 bits per heavy atom. The number of anilines is 2. The lowest BCUT2D eigenvalue weighted by Crippen LogP contribution is -2.29. The summed E-state index contributed by atoms with van der Waals surface area (Å²) in [7, 11) is 3.43. The molecule has 0 spiro atoms. The van der Waals surface area contributed by atoms with Gasteiger partial charge < -0.3 is 15.4 Å². The van der Waals surface area contributed by atoms with Crippen LogP contribution in [0.5, 0.6) is 5.75 Å².